The van der Waals surface area contributed by atoms with Crippen molar-refractivity contribution in [3.05, 3.63) is 36.5 Å². The molecule has 0 aliphatic rings. The monoisotopic (exact) mass is 886 g/mol. The summed E-state index contributed by atoms with van der Waals surface area (Å²) in [5, 5.41) is 23.1. The minimum atomic E-state index is -0.861. The first-order valence-electron chi connectivity index (χ1n) is 27.8. The Labute approximate surface area is 392 Å². The summed E-state index contributed by atoms with van der Waals surface area (Å²) in [6, 6.07) is -0.647. The molecule has 3 N–H and O–H groups in total. The summed E-state index contributed by atoms with van der Waals surface area (Å²) in [6.45, 7) is 4.83. The topological polar surface area (TPSA) is 95.9 Å². The molecule has 0 fully saturated rings. The van der Waals surface area contributed by atoms with Crippen LogP contribution in [0.2, 0.25) is 0 Å². The van der Waals surface area contributed by atoms with Crippen LogP contribution in [0, 0.1) is 0 Å². The minimum absolute atomic E-state index is 0.0347. The van der Waals surface area contributed by atoms with Crippen molar-refractivity contribution in [2.24, 2.45) is 0 Å². The molecule has 6 heteroatoms. The van der Waals surface area contributed by atoms with Gasteiger partial charge in [0.05, 0.1) is 25.4 Å². The van der Waals surface area contributed by atoms with Crippen molar-refractivity contribution in [2.75, 3.05) is 13.2 Å². The van der Waals surface area contributed by atoms with E-state index in [2.05, 4.69) is 43.5 Å². The number of hydrogen-bond acceptors (Lipinski definition) is 5. The zero-order valence-corrected chi connectivity index (χ0v) is 42.1. The maximum atomic E-state index is 12.5. The van der Waals surface area contributed by atoms with Crippen LogP contribution in [0.5, 0.6) is 0 Å². The average Bonchev–Trinajstić information content (AvgIpc) is 3.28. The van der Waals surface area contributed by atoms with E-state index in [4.69, 9.17) is 4.74 Å². The lowest BCUT2D eigenvalue weighted by atomic mass is 10.0. The van der Waals surface area contributed by atoms with Gasteiger partial charge in [-0.3, -0.25) is 9.59 Å². The molecular weight excluding hydrogens is 779 g/mol. The van der Waals surface area contributed by atoms with Crippen molar-refractivity contribution in [1.29, 1.82) is 0 Å². The molecule has 0 radical (unpaired) electrons. The number of amides is 1. The second kappa shape index (κ2) is 52.7. The fourth-order valence-corrected chi connectivity index (χ4v) is 8.37. The van der Waals surface area contributed by atoms with Crippen molar-refractivity contribution in [3.8, 4) is 0 Å². The van der Waals surface area contributed by atoms with Gasteiger partial charge in [-0.15, -0.1) is 0 Å². The van der Waals surface area contributed by atoms with Gasteiger partial charge in [-0.05, 0) is 64.2 Å². The average molecular weight is 886 g/mol. The molecule has 370 valence electrons. The first kappa shape index (κ1) is 61.1. The van der Waals surface area contributed by atoms with Crippen LogP contribution in [0.4, 0.5) is 0 Å². The number of carbonyl (C=O) groups is 2. The van der Waals surface area contributed by atoms with Gasteiger partial charge < -0.3 is 20.3 Å². The fraction of sp³-hybridized carbons (Fsp3) is 0.860. The molecule has 2 unspecified atom stereocenters. The number of ether oxygens (including phenoxy) is 1. The highest BCUT2D eigenvalue weighted by molar-refractivity contribution is 5.76. The van der Waals surface area contributed by atoms with Crippen LogP contribution >= 0.6 is 0 Å². The molecule has 6 nitrogen and oxygen atoms in total. The molecule has 0 aliphatic heterocycles. The number of allylic oxidation sites excluding steroid dienone is 5. The van der Waals surface area contributed by atoms with Gasteiger partial charge in [0.25, 0.3) is 0 Å². The maximum Gasteiger partial charge on any atom is 0.305 e. The molecular formula is C57H107NO5. The largest absolute Gasteiger partial charge is 0.466 e. The Hall–Kier alpha value is -1.92. The second-order valence-electron chi connectivity index (χ2n) is 18.9. The summed E-state index contributed by atoms with van der Waals surface area (Å²) in [5.74, 6) is -0.125. The number of nitrogens with one attached hydrogen (secondary N) is 1. The first-order valence-corrected chi connectivity index (χ1v) is 27.8. The van der Waals surface area contributed by atoms with E-state index in [0.29, 0.717) is 19.4 Å². The van der Waals surface area contributed by atoms with E-state index < -0.39 is 12.1 Å². The Balaban J connectivity index is 3.53. The van der Waals surface area contributed by atoms with E-state index >= 15 is 0 Å². The molecule has 0 bridgehead atoms. The second-order valence-corrected chi connectivity index (χ2v) is 18.9. The number of unbranched alkanes of at least 4 members (excludes halogenated alkanes) is 36. The van der Waals surface area contributed by atoms with Gasteiger partial charge >= 0.3 is 5.97 Å². The van der Waals surface area contributed by atoms with Crippen LogP contribution in [0.25, 0.3) is 0 Å². The summed E-state index contributed by atoms with van der Waals surface area (Å²) in [7, 11) is 0. The Bertz CT molecular complexity index is 1020. The highest BCUT2D eigenvalue weighted by Crippen LogP contribution is 2.16. The molecule has 0 aromatic carbocycles. The van der Waals surface area contributed by atoms with E-state index in [1.54, 1.807) is 6.08 Å². The Kier molecular flexibility index (Phi) is 51.1. The van der Waals surface area contributed by atoms with Crippen LogP contribution in [0.3, 0.4) is 0 Å². The van der Waals surface area contributed by atoms with Gasteiger partial charge in [0.1, 0.15) is 0 Å². The first-order chi connectivity index (χ1) is 31.0. The van der Waals surface area contributed by atoms with Crippen molar-refractivity contribution in [2.45, 2.75) is 302 Å². The quantitative estimate of drug-likeness (QED) is 0.0321. The van der Waals surface area contributed by atoms with Crippen LogP contribution in [0.15, 0.2) is 36.5 Å². The number of rotatable bonds is 51. The zero-order chi connectivity index (χ0) is 45.8. The van der Waals surface area contributed by atoms with Crippen molar-refractivity contribution in [3.63, 3.8) is 0 Å². The molecule has 0 aromatic rings. The third-order valence-electron chi connectivity index (χ3n) is 12.7. The van der Waals surface area contributed by atoms with Crippen molar-refractivity contribution in [1.82, 2.24) is 5.32 Å². The Morgan fingerprint density at radius 2 is 0.794 bits per heavy atom. The maximum absolute atomic E-state index is 12.5. The van der Waals surface area contributed by atoms with E-state index in [1.165, 1.54) is 193 Å². The fourth-order valence-electron chi connectivity index (χ4n) is 8.37. The van der Waals surface area contributed by atoms with Gasteiger partial charge in [0.15, 0.2) is 0 Å². The molecule has 0 aromatic heterocycles. The van der Waals surface area contributed by atoms with E-state index in [0.717, 1.165) is 70.6 Å². The lowest BCUT2D eigenvalue weighted by Crippen LogP contribution is -2.45. The lowest BCUT2D eigenvalue weighted by molar-refractivity contribution is -0.143. The molecule has 0 aliphatic carbocycles. The Morgan fingerprint density at radius 1 is 0.444 bits per heavy atom. The van der Waals surface area contributed by atoms with Gasteiger partial charge in [-0.25, -0.2) is 0 Å². The van der Waals surface area contributed by atoms with E-state index in [-0.39, 0.29) is 18.5 Å². The van der Waals surface area contributed by atoms with Crippen LogP contribution in [-0.4, -0.2) is 47.4 Å². The number of carbonyl (C=O) groups excluding carboxylic acids is 2. The molecule has 0 rings (SSSR count). The summed E-state index contributed by atoms with van der Waals surface area (Å²) >= 11 is 0. The molecule has 0 saturated heterocycles. The minimum Gasteiger partial charge on any atom is -0.466 e. The standard InChI is InChI=1S/C57H107NO5/c1-3-5-7-9-11-13-15-17-19-20-21-22-23-24-26-27-29-33-37-41-45-49-55(60)54(53-59)58-56(61)50-46-42-38-34-31-32-36-40-44-48-52-63-57(62)51-47-43-39-35-30-28-25-18-16-14-12-10-8-6-4-2/h12,14,18,25,45,49,54-55,59-60H,3-11,13,15-17,19-24,26-44,46-48,50-53H2,1-2H3,(H,58,61)/b14-12-,25-18-,49-45+. The normalized spacial score (nSPS) is 12.9. The SMILES string of the molecule is CCCCC/C=C\C/C=C\CCCCCCCC(=O)OCCCCCCCCCCCCC(=O)NC(CO)C(O)/C=C/CCCCCCCCCCCCCCCCCCCCC. The van der Waals surface area contributed by atoms with Gasteiger partial charge in [-0.2, -0.15) is 0 Å². The summed E-state index contributed by atoms with van der Waals surface area (Å²) < 4.78 is 5.45. The molecule has 2 atom stereocenters. The third kappa shape index (κ3) is 49.4. The van der Waals surface area contributed by atoms with Gasteiger partial charge in [0.2, 0.25) is 5.91 Å². The number of aliphatic hydroxyl groups is 2. The summed E-state index contributed by atoms with van der Waals surface area (Å²) in [6.07, 6.45) is 64.4. The van der Waals surface area contributed by atoms with Crippen LogP contribution in [0.1, 0.15) is 290 Å². The van der Waals surface area contributed by atoms with Crippen LogP contribution in [-0.2, 0) is 14.3 Å². The molecule has 0 heterocycles. The molecule has 0 saturated carbocycles. The number of esters is 1. The highest BCUT2D eigenvalue weighted by Gasteiger charge is 2.18. The Morgan fingerprint density at radius 3 is 1.24 bits per heavy atom. The van der Waals surface area contributed by atoms with Gasteiger partial charge in [0, 0.05) is 12.8 Å². The van der Waals surface area contributed by atoms with E-state index in [9.17, 15) is 19.8 Å². The molecule has 0 spiro atoms. The summed E-state index contributed by atoms with van der Waals surface area (Å²) in [4.78, 5) is 24.5. The molecule has 63 heavy (non-hydrogen) atoms. The predicted octanol–water partition coefficient (Wildman–Crippen LogP) is 16.9. The number of aliphatic hydroxyl groups excluding tert-OH is 2. The van der Waals surface area contributed by atoms with Crippen molar-refractivity contribution >= 4 is 11.9 Å². The third-order valence-corrected chi connectivity index (χ3v) is 12.7. The predicted molar refractivity (Wildman–Crippen MR) is 273 cm³/mol. The lowest BCUT2D eigenvalue weighted by Gasteiger charge is -2.20. The molecule has 1 amide bonds. The smallest absolute Gasteiger partial charge is 0.305 e. The summed E-state index contributed by atoms with van der Waals surface area (Å²) in [5.41, 5.74) is 0. The number of hydrogen-bond donors (Lipinski definition) is 3. The highest BCUT2D eigenvalue weighted by atomic mass is 16.5. The van der Waals surface area contributed by atoms with Gasteiger partial charge in [-0.1, -0.05) is 249 Å². The van der Waals surface area contributed by atoms with Crippen LogP contribution < -0.4 is 5.32 Å². The van der Waals surface area contributed by atoms with Crippen molar-refractivity contribution < 1.29 is 24.5 Å². The zero-order valence-electron chi connectivity index (χ0n) is 42.1. The van der Waals surface area contributed by atoms with E-state index in [1.807, 2.05) is 6.08 Å².